The van der Waals surface area contributed by atoms with E-state index in [9.17, 15) is 0 Å². The lowest BCUT2D eigenvalue weighted by atomic mass is 10.1. The van der Waals surface area contributed by atoms with Crippen LogP contribution in [0.4, 0.5) is 0 Å². The highest BCUT2D eigenvalue weighted by molar-refractivity contribution is 6.36. The zero-order chi connectivity index (χ0) is 13.9. The third-order valence-corrected chi connectivity index (χ3v) is 3.94. The van der Waals surface area contributed by atoms with Crippen molar-refractivity contribution in [2.45, 2.75) is 26.7 Å². The van der Waals surface area contributed by atoms with Crippen LogP contribution in [0.2, 0.25) is 10.0 Å². The second kappa shape index (κ2) is 6.08. The third kappa shape index (κ3) is 2.86. The Kier molecular flexibility index (Phi) is 4.67. The van der Waals surface area contributed by atoms with E-state index < -0.39 is 0 Å². The number of halogens is 2. The molecule has 0 unspecified atom stereocenters. The second-order valence-electron chi connectivity index (χ2n) is 4.86. The zero-order valence-electron chi connectivity index (χ0n) is 11.4. The lowest BCUT2D eigenvalue weighted by molar-refractivity contribution is -0.785. The number of benzene rings is 1. The minimum atomic E-state index is 0.657. The topological polar surface area (TPSA) is 12.4 Å². The van der Waals surface area contributed by atoms with Crippen LogP contribution in [0.25, 0.3) is 0 Å². The number of quaternary nitrogens is 1. The quantitative estimate of drug-likeness (QED) is 0.688. The summed E-state index contributed by atoms with van der Waals surface area (Å²) in [5.41, 5.74) is 0.984. The Balaban J connectivity index is 2.42. The molecule has 4 heteroatoms. The summed E-state index contributed by atoms with van der Waals surface area (Å²) in [6.45, 7) is 6.48. The summed E-state index contributed by atoms with van der Waals surface area (Å²) in [5.74, 6) is 1.03. The SMILES string of the molecule is CCC[N+]1(CCC)C=CN=C1c1ccc(Cl)cc1Cl. The lowest BCUT2D eigenvalue weighted by Gasteiger charge is -2.32. The molecule has 0 aromatic heterocycles. The van der Waals surface area contributed by atoms with Crippen LogP contribution in [0, 0.1) is 0 Å². The molecule has 0 saturated heterocycles. The molecule has 0 radical (unpaired) electrons. The van der Waals surface area contributed by atoms with Gasteiger partial charge >= 0.3 is 0 Å². The molecule has 19 heavy (non-hydrogen) atoms. The first-order valence-corrected chi connectivity index (χ1v) is 7.47. The van der Waals surface area contributed by atoms with Crippen LogP contribution >= 0.6 is 23.2 Å². The van der Waals surface area contributed by atoms with Crippen molar-refractivity contribution in [3.05, 3.63) is 46.2 Å². The van der Waals surface area contributed by atoms with Crippen LogP contribution in [0.5, 0.6) is 0 Å². The van der Waals surface area contributed by atoms with Crippen molar-refractivity contribution < 1.29 is 4.48 Å². The highest BCUT2D eigenvalue weighted by Gasteiger charge is 2.36. The highest BCUT2D eigenvalue weighted by Crippen LogP contribution is 2.29. The van der Waals surface area contributed by atoms with Crippen molar-refractivity contribution in [3.8, 4) is 0 Å². The Bertz CT molecular complexity index is 515. The summed E-state index contributed by atoms with van der Waals surface area (Å²) in [6.07, 6.45) is 6.28. The first kappa shape index (κ1) is 14.6. The van der Waals surface area contributed by atoms with E-state index in [0.29, 0.717) is 10.0 Å². The summed E-state index contributed by atoms with van der Waals surface area (Å²) >= 11 is 12.3. The Hall–Kier alpha value is -0.830. The number of hydrogen-bond acceptors (Lipinski definition) is 1. The highest BCUT2D eigenvalue weighted by atomic mass is 35.5. The number of aliphatic imine (C=N–C) groups is 1. The van der Waals surface area contributed by atoms with Crippen molar-refractivity contribution in [2.75, 3.05) is 13.1 Å². The van der Waals surface area contributed by atoms with Crippen LogP contribution in [0.3, 0.4) is 0 Å². The Morgan fingerprint density at radius 1 is 1.11 bits per heavy atom. The standard InChI is InChI=1S/C15H19Cl2N2/c1-3-8-19(9-4-2)10-7-18-15(19)13-6-5-12(16)11-14(13)17/h5-7,10-11H,3-4,8-9H2,1-2H3/q+1. The van der Waals surface area contributed by atoms with Crippen LogP contribution in [0.1, 0.15) is 32.3 Å². The maximum Gasteiger partial charge on any atom is 0.241 e. The van der Waals surface area contributed by atoms with Crippen LogP contribution in [-0.4, -0.2) is 23.4 Å². The van der Waals surface area contributed by atoms with Gasteiger partial charge in [0.25, 0.3) is 0 Å². The third-order valence-electron chi connectivity index (χ3n) is 3.39. The van der Waals surface area contributed by atoms with E-state index in [1.165, 1.54) is 0 Å². The molecule has 0 saturated carbocycles. The average Bonchev–Trinajstić information content (AvgIpc) is 2.74. The molecule has 0 amide bonds. The molecule has 0 N–H and O–H groups in total. The molecular weight excluding hydrogens is 279 g/mol. The minimum absolute atomic E-state index is 0.657. The molecule has 0 spiro atoms. The first-order valence-electron chi connectivity index (χ1n) is 6.71. The van der Waals surface area contributed by atoms with Crippen LogP contribution in [0.15, 0.2) is 35.6 Å². The molecule has 0 aliphatic carbocycles. The van der Waals surface area contributed by atoms with Gasteiger partial charge in [0.15, 0.2) is 0 Å². The summed E-state index contributed by atoms with van der Waals surface area (Å²) in [7, 11) is 0. The van der Waals surface area contributed by atoms with Gasteiger partial charge in [-0.3, -0.25) is 0 Å². The summed E-state index contributed by atoms with van der Waals surface area (Å²) in [4.78, 5) is 4.57. The maximum absolute atomic E-state index is 6.33. The fourth-order valence-corrected chi connectivity index (χ4v) is 3.16. The van der Waals surface area contributed by atoms with Crippen molar-refractivity contribution in [1.82, 2.24) is 0 Å². The van der Waals surface area contributed by atoms with Crippen molar-refractivity contribution >= 4 is 29.0 Å². The Morgan fingerprint density at radius 2 is 1.79 bits per heavy atom. The maximum atomic E-state index is 6.33. The molecule has 0 bridgehead atoms. The molecule has 1 aromatic rings. The van der Waals surface area contributed by atoms with Gasteiger partial charge in [-0.05, 0) is 31.0 Å². The fraction of sp³-hybridized carbons (Fsp3) is 0.400. The van der Waals surface area contributed by atoms with Crippen molar-refractivity contribution in [1.29, 1.82) is 0 Å². The molecule has 1 aliphatic heterocycles. The Labute approximate surface area is 124 Å². The van der Waals surface area contributed by atoms with Crippen molar-refractivity contribution in [2.24, 2.45) is 4.99 Å². The number of rotatable bonds is 5. The Morgan fingerprint density at radius 3 is 2.37 bits per heavy atom. The summed E-state index contributed by atoms with van der Waals surface area (Å²) < 4.78 is 0.786. The summed E-state index contributed by atoms with van der Waals surface area (Å²) in [5, 5.41) is 1.33. The fourth-order valence-electron chi connectivity index (χ4n) is 2.67. The van der Waals surface area contributed by atoms with Crippen LogP contribution < -0.4 is 0 Å². The first-order chi connectivity index (χ1) is 9.13. The van der Waals surface area contributed by atoms with Gasteiger partial charge in [-0.1, -0.05) is 37.0 Å². The predicted octanol–water partition coefficient (Wildman–Crippen LogP) is 4.86. The molecular formula is C15H19Cl2N2+. The average molecular weight is 298 g/mol. The van der Waals surface area contributed by atoms with Gasteiger partial charge in [0, 0.05) is 5.02 Å². The molecule has 1 aromatic carbocycles. The normalized spacial score (nSPS) is 16.7. The van der Waals surface area contributed by atoms with E-state index in [1.54, 1.807) is 6.07 Å². The molecule has 0 fully saturated rings. The smallest absolute Gasteiger partial charge is 0.241 e. The number of amidine groups is 1. The largest absolute Gasteiger partial charge is 0.247 e. The van der Waals surface area contributed by atoms with E-state index in [2.05, 4.69) is 25.0 Å². The lowest BCUT2D eigenvalue weighted by Crippen LogP contribution is -2.48. The minimum Gasteiger partial charge on any atom is -0.247 e. The van der Waals surface area contributed by atoms with Gasteiger partial charge in [0.1, 0.15) is 6.20 Å². The number of nitrogens with zero attached hydrogens (tertiary/aromatic N) is 2. The van der Waals surface area contributed by atoms with Gasteiger partial charge in [-0.2, -0.15) is 4.99 Å². The van der Waals surface area contributed by atoms with Crippen LogP contribution in [-0.2, 0) is 0 Å². The van der Waals surface area contributed by atoms with E-state index in [4.69, 9.17) is 23.2 Å². The van der Waals surface area contributed by atoms with Crippen molar-refractivity contribution in [3.63, 3.8) is 0 Å². The molecule has 1 aliphatic rings. The molecule has 1 heterocycles. The monoisotopic (exact) mass is 297 g/mol. The van der Waals surface area contributed by atoms with E-state index >= 15 is 0 Å². The molecule has 102 valence electrons. The summed E-state index contributed by atoms with van der Waals surface area (Å²) in [6, 6.07) is 5.62. The second-order valence-corrected chi connectivity index (χ2v) is 5.70. The van der Waals surface area contributed by atoms with Gasteiger partial charge in [-0.15, -0.1) is 0 Å². The van der Waals surface area contributed by atoms with Gasteiger partial charge < -0.3 is 0 Å². The number of hydrogen-bond donors (Lipinski definition) is 0. The van der Waals surface area contributed by atoms with E-state index in [1.807, 2.05) is 18.3 Å². The van der Waals surface area contributed by atoms with E-state index in [0.717, 1.165) is 41.8 Å². The molecule has 2 rings (SSSR count). The van der Waals surface area contributed by atoms with E-state index in [-0.39, 0.29) is 0 Å². The van der Waals surface area contributed by atoms with Gasteiger partial charge in [0.05, 0.1) is 29.9 Å². The molecule has 0 atom stereocenters. The molecule has 2 nitrogen and oxygen atoms in total. The predicted molar refractivity (Wildman–Crippen MR) is 82.7 cm³/mol. The van der Waals surface area contributed by atoms with Gasteiger partial charge in [0.2, 0.25) is 5.84 Å². The zero-order valence-corrected chi connectivity index (χ0v) is 12.9. The van der Waals surface area contributed by atoms with Gasteiger partial charge in [-0.25, -0.2) is 4.48 Å².